The number of amides is 2. The van der Waals surface area contributed by atoms with Crippen LogP contribution in [0.4, 0.5) is 5.69 Å². The molecule has 0 fully saturated rings. The first-order chi connectivity index (χ1) is 14.5. The van der Waals surface area contributed by atoms with E-state index in [0.717, 1.165) is 4.88 Å². The van der Waals surface area contributed by atoms with Crippen LogP contribution in [0.2, 0.25) is 4.34 Å². The van der Waals surface area contributed by atoms with E-state index in [-0.39, 0.29) is 17.6 Å². The standard InChI is InChI=1S/C20H20ClN5O2S2/c1-3-9-26(11-16-7-8-17(21)30-16)19(28)14-5-4-6-15(10-14)23-18(27)12-29-20-24-22-13-25(20)2/h3-8,10,13H,1,9,11-12H2,2H3,(H,23,27). The zero-order valence-corrected chi connectivity index (χ0v) is 18.6. The van der Waals surface area contributed by atoms with Crippen molar-refractivity contribution in [3.8, 4) is 0 Å². The van der Waals surface area contributed by atoms with Gasteiger partial charge in [-0.15, -0.1) is 28.1 Å². The molecule has 7 nitrogen and oxygen atoms in total. The first kappa shape index (κ1) is 22.1. The summed E-state index contributed by atoms with van der Waals surface area (Å²) in [5, 5.41) is 11.2. The number of nitrogens with zero attached hydrogens (tertiary/aromatic N) is 4. The number of nitrogens with one attached hydrogen (secondary N) is 1. The van der Waals surface area contributed by atoms with E-state index in [1.54, 1.807) is 46.1 Å². The lowest BCUT2D eigenvalue weighted by Crippen LogP contribution is -2.30. The van der Waals surface area contributed by atoms with E-state index in [4.69, 9.17) is 11.6 Å². The fraction of sp³-hybridized carbons (Fsp3) is 0.200. The SMILES string of the molecule is C=CCN(Cc1ccc(Cl)s1)C(=O)c1cccc(NC(=O)CSc2nncn2C)c1. The van der Waals surface area contributed by atoms with Crippen LogP contribution >= 0.6 is 34.7 Å². The molecule has 1 N–H and O–H groups in total. The number of aryl methyl sites for hydroxylation is 1. The number of carbonyl (C=O) groups excluding carboxylic acids is 2. The number of hydrogen-bond acceptors (Lipinski definition) is 6. The van der Waals surface area contributed by atoms with Crippen LogP contribution in [0.25, 0.3) is 0 Å². The van der Waals surface area contributed by atoms with Crippen molar-refractivity contribution in [2.24, 2.45) is 7.05 Å². The number of thioether (sulfide) groups is 1. The van der Waals surface area contributed by atoms with Gasteiger partial charge in [-0.05, 0) is 30.3 Å². The minimum atomic E-state index is -0.191. The predicted molar refractivity (Wildman–Crippen MR) is 121 cm³/mol. The molecule has 3 aromatic rings. The number of carbonyl (C=O) groups is 2. The quantitative estimate of drug-likeness (QED) is 0.383. The number of aromatic nitrogens is 3. The number of hydrogen-bond donors (Lipinski definition) is 1. The summed E-state index contributed by atoms with van der Waals surface area (Å²) in [5.74, 6) is -0.153. The molecule has 0 aliphatic carbocycles. The maximum absolute atomic E-state index is 13.0. The Morgan fingerprint density at radius 1 is 1.37 bits per heavy atom. The topological polar surface area (TPSA) is 80.1 Å². The molecular formula is C20H20ClN5O2S2. The van der Waals surface area contributed by atoms with Gasteiger partial charge in [-0.2, -0.15) is 0 Å². The van der Waals surface area contributed by atoms with Crippen molar-refractivity contribution < 1.29 is 9.59 Å². The number of halogens is 1. The molecular weight excluding hydrogens is 442 g/mol. The molecule has 2 heterocycles. The Morgan fingerprint density at radius 2 is 2.20 bits per heavy atom. The molecule has 0 spiro atoms. The van der Waals surface area contributed by atoms with Crippen molar-refractivity contribution in [3.05, 3.63) is 70.2 Å². The molecule has 2 amide bonds. The fourth-order valence-electron chi connectivity index (χ4n) is 2.64. The summed E-state index contributed by atoms with van der Waals surface area (Å²) in [4.78, 5) is 28.0. The van der Waals surface area contributed by atoms with Gasteiger partial charge in [-0.1, -0.05) is 35.5 Å². The lowest BCUT2D eigenvalue weighted by atomic mass is 10.1. The highest BCUT2D eigenvalue weighted by Crippen LogP contribution is 2.24. The average Bonchev–Trinajstić information content (AvgIpc) is 3.33. The molecule has 0 saturated heterocycles. The molecule has 0 aliphatic heterocycles. The van der Waals surface area contributed by atoms with Crippen LogP contribution in [0.5, 0.6) is 0 Å². The number of rotatable bonds is 9. The summed E-state index contributed by atoms with van der Waals surface area (Å²) in [7, 11) is 1.81. The molecule has 3 rings (SSSR count). The smallest absolute Gasteiger partial charge is 0.254 e. The highest BCUT2D eigenvalue weighted by molar-refractivity contribution is 7.99. The summed E-state index contributed by atoms with van der Waals surface area (Å²) in [6.07, 6.45) is 3.26. The monoisotopic (exact) mass is 461 g/mol. The summed E-state index contributed by atoms with van der Waals surface area (Å²) < 4.78 is 2.42. The minimum absolute atomic E-state index is 0.149. The molecule has 0 atom stereocenters. The van der Waals surface area contributed by atoms with Gasteiger partial charge in [-0.3, -0.25) is 9.59 Å². The van der Waals surface area contributed by atoms with Crippen LogP contribution in [0.1, 0.15) is 15.2 Å². The molecule has 0 saturated carbocycles. The lowest BCUT2D eigenvalue weighted by Gasteiger charge is -2.21. The fourth-order valence-corrected chi connectivity index (χ4v) is 4.43. The largest absolute Gasteiger partial charge is 0.330 e. The van der Waals surface area contributed by atoms with Gasteiger partial charge in [0, 0.05) is 29.7 Å². The summed E-state index contributed by atoms with van der Waals surface area (Å²) in [6, 6.07) is 10.6. The molecule has 0 bridgehead atoms. The number of benzene rings is 1. The van der Waals surface area contributed by atoms with Crippen LogP contribution in [0, 0.1) is 0 Å². The Balaban J connectivity index is 1.64. The zero-order chi connectivity index (χ0) is 21.5. The van der Waals surface area contributed by atoms with Gasteiger partial charge < -0.3 is 14.8 Å². The molecule has 0 aliphatic rings. The molecule has 1 aromatic carbocycles. The molecule has 156 valence electrons. The Labute approximate surface area is 187 Å². The third-order valence-electron chi connectivity index (χ3n) is 4.01. The molecule has 2 aromatic heterocycles. The maximum atomic E-state index is 13.0. The minimum Gasteiger partial charge on any atom is -0.330 e. The summed E-state index contributed by atoms with van der Waals surface area (Å²) in [5.41, 5.74) is 1.04. The molecule has 10 heteroatoms. The normalized spacial score (nSPS) is 10.6. The van der Waals surface area contributed by atoms with E-state index in [2.05, 4.69) is 22.1 Å². The predicted octanol–water partition coefficient (Wildman–Crippen LogP) is 4.09. The third kappa shape index (κ3) is 5.94. The van der Waals surface area contributed by atoms with E-state index >= 15 is 0 Å². The Kier molecular flexibility index (Phi) is 7.67. The lowest BCUT2D eigenvalue weighted by molar-refractivity contribution is -0.113. The van der Waals surface area contributed by atoms with Crippen LogP contribution < -0.4 is 5.32 Å². The van der Waals surface area contributed by atoms with E-state index in [9.17, 15) is 9.59 Å². The molecule has 0 radical (unpaired) electrons. The van der Waals surface area contributed by atoms with Gasteiger partial charge in [0.05, 0.1) is 16.6 Å². The first-order valence-electron chi connectivity index (χ1n) is 8.97. The third-order valence-corrected chi connectivity index (χ3v) is 6.26. The van der Waals surface area contributed by atoms with Crippen molar-refractivity contribution in [3.63, 3.8) is 0 Å². The second-order valence-corrected chi connectivity index (χ2v) is 9.06. The van der Waals surface area contributed by atoms with Crippen LogP contribution in [0.15, 0.2) is 60.5 Å². The van der Waals surface area contributed by atoms with Crippen LogP contribution in [0.3, 0.4) is 0 Å². The van der Waals surface area contributed by atoms with E-state index in [1.807, 2.05) is 19.2 Å². The van der Waals surface area contributed by atoms with Crippen LogP contribution in [-0.2, 0) is 18.4 Å². The molecule has 0 unspecified atom stereocenters. The average molecular weight is 462 g/mol. The van der Waals surface area contributed by atoms with Gasteiger partial charge in [0.2, 0.25) is 5.91 Å². The number of anilines is 1. The highest BCUT2D eigenvalue weighted by atomic mass is 35.5. The van der Waals surface area contributed by atoms with Crippen LogP contribution in [-0.4, -0.2) is 43.8 Å². The van der Waals surface area contributed by atoms with Crippen molar-refractivity contribution >= 4 is 52.2 Å². The van der Waals surface area contributed by atoms with Crippen molar-refractivity contribution in [1.29, 1.82) is 0 Å². The zero-order valence-electron chi connectivity index (χ0n) is 16.2. The molecule has 30 heavy (non-hydrogen) atoms. The maximum Gasteiger partial charge on any atom is 0.254 e. The second kappa shape index (κ2) is 10.4. The van der Waals surface area contributed by atoms with E-state index in [1.165, 1.54) is 23.1 Å². The van der Waals surface area contributed by atoms with E-state index in [0.29, 0.717) is 33.8 Å². The Bertz CT molecular complexity index is 1050. The van der Waals surface area contributed by atoms with Gasteiger partial charge in [-0.25, -0.2) is 0 Å². The van der Waals surface area contributed by atoms with Crippen molar-refractivity contribution in [1.82, 2.24) is 19.7 Å². The highest BCUT2D eigenvalue weighted by Gasteiger charge is 2.17. The first-order valence-corrected chi connectivity index (χ1v) is 11.2. The van der Waals surface area contributed by atoms with Gasteiger partial charge in [0.25, 0.3) is 5.91 Å². The van der Waals surface area contributed by atoms with Crippen molar-refractivity contribution in [2.45, 2.75) is 11.7 Å². The van der Waals surface area contributed by atoms with Gasteiger partial charge in [0.15, 0.2) is 5.16 Å². The van der Waals surface area contributed by atoms with Crippen molar-refractivity contribution in [2.75, 3.05) is 17.6 Å². The van der Waals surface area contributed by atoms with Gasteiger partial charge in [0.1, 0.15) is 6.33 Å². The van der Waals surface area contributed by atoms with E-state index < -0.39 is 0 Å². The second-order valence-electron chi connectivity index (χ2n) is 6.32. The Hall–Kier alpha value is -2.62. The summed E-state index contributed by atoms with van der Waals surface area (Å²) in [6.45, 7) is 4.58. The Morgan fingerprint density at radius 3 is 2.87 bits per heavy atom. The number of thiophene rings is 1. The summed E-state index contributed by atoms with van der Waals surface area (Å²) >= 11 is 8.72. The van der Waals surface area contributed by atoms with Gasteiger partial charge >= 0.3 is 0 Å².